The SMILES string of the molecule is CNC(=O)Nc1c(CC=C(C)CCC(=O)OCCN2CCSC2)c(OC)c(C)c2c1C(=O)OC2. The molecule has 1 saturated heterocycles. The molecule has 2 heterocycles. The van der Waals surface area contributed by atoms with Gasteiger partial charge in [-0.2, -0.15) is 0 Å². The molecule has 2 aliphatic rings. The van der Waals surface area contributed by atoms with E-state index in [1.54, 1.807) is 7.11 Å². The number of fused-ring (bicyclic) bond motifs is 1. The molecule has 1 aromatic carbocycles. The van der Waals surface area contributed by atoms with Gasteiger partial charge in [-0.15, -0.1) is 11.8 Å². The number of ether oxygens (including phenoxy) is 3. The number of anilines is 1. The summed E-state index contributed by atoms with van der Waals surface area (Å²) in [4.78, 5) is 39.0. The van der Waals surface area contributed by atoms with Crippen LogP contribution >= 0.6 is 11.8 Å². The Bertz CT molecular complexity index is 972. The molecule has 1 aromatic rings. The molecule has 0 spiro atoms. The molecule has 34 heavy (non-hydrogen) atoms. The van der Waals surface area contributed by atoms with Crippen LogP contribution in [0, 0.1) is 6.92 Å². The molecule has 0 unspecified atom stereocenters. The van der Waals surface area contributed by atoms with E-state index in [2.05, 4.69) is 15.5 Å². The van der Waals surface area contributed by atoms with E-state index in [4.69, 9.17) is 14.2 Å². The van der Waals surface area contributed by atoms with Crippen LogP contribution in [0.2, 0.25) is 0 Å². The van der Waals surface area contributed by atoms with Gasteiger partial charge in [0.05, 0.1) is 18.4 Å². The highest BCUT2D eigenvalue weighted by atomic mass is 32.2. The van der Waals surface area contributed by atoms with Crippen molar-refractivity contribution in [3.63, 3.8) is 0 Å². The molecule has 9 nitrogen and oxygen atoms in total. The zero-order valence-electron chi connectivity index (χ0n) is 20.2. The molecule has 0 atom stereocenters. The molecule has 0 aromatic heterocycles. The number of amides is 2. The number of methoxy groups -OCH3 is 1. The molecule has 2 amide bonds. The van der Waals surface area contributed by atoms with E-state index in [1.807, 2.05) is 31.7 Å². The predicted molar refractivity (Wildman–Crippen MR) is 131 cm³/mol. The fourth-order valence-electron chi connectivity index (χ4n) is 4.03. The van der Waals surface area contributed by atoms with Crippen molar-refractivity contribution in [2.45, 2.75) is 39.7 Å². The molecular formula is C24H33N3O6S. The maximum atomic E-state index is 12.4. The Morgan fingerprint density at radius 3 is 2.76 bits per heavy atom. The van der Waals surface area contributed by atoms with Crippen LogP contribution in [-0.2, 0) is 27.3 Å². The van der Waals surface area contributed by atoms with E-state index in [-0.39, 0.29) is 12.6 Å². The van der Waals surface area contributed by atoms with Crippen LogP contribution in [0.25, 0.3) is 0 Å². The second-order valence-electron chi connectivity index (χ2n) is 8.28. The first kappa shape index (κ1) is 25.9. The number of carbonyl (C=O) groups excluding carboxylic acids is 3. The number of nitrogens with one attached hydrogen (secondary N) is 2. The standard InChI is InChI=1S/C24H33N3O6S/c1-15(6-8-19(28)32-11-9-27-10-12-34-14-27)5-7-17-21(26-24(30)25-3)20-18(13-33-23(20)29)16(2)22(17)31-4/h5H,6-14H2,1-4H3,(H2,25,26,30). The normalized spacial score (nSPS) is 15.6. The van der Waals surface area contributed by atoms with E-state index in [0.717, 1.165) is 35.9 Å². The van der Waals surface area contributed by atoms with Gasteiger partial charge in [0.15, 0.2) is 0 Å². The molecule has 1 fully saturated rings. The Balaban J connectivity index is 1.69. The van der Waals surface area contributed by atoms with Gasteiger partial charge in [-0.1, -0.05) is 11.6 Å². The molecule has 0 radical (unpaired) electrons. The van der Waals surface area contributed by atoms with E-state index in [1.165, 1.54) is 7.05 Å². The van der Waals surface area contributed by atoms with Crippen molar-refractivity contribution in [1.29, 1.82) is 0 Å². The van der Waals surface area contributed by atoms with Crippen LogP contribution in [0.5, 0.6) is 5.75 Å². The molecule has 186 valence electrons. The number of nitrogens with zero attached hydrogens (tertiary/aromatic N) is 1. The third-order valence-electron chi connectivity index (χ3n) is 6.02. The molecular weight excluding hydrogens is 458 g/mol. The second-order valence-corrected chi connectivity index (χ2v) is 9.35. The number of carbonyl (C=O) groups is 3. The van der Waals surface area contributed by atoms with Crippen LogP contribution in [-0.4, -0.2) is 68.4 Å². The van der Waals surface area contributed by atoms with Gasteiger partial charge < -0.3 is 24.8 Å². The third kappa shape index (κ3) is 6.24. The topological polar surface area (TPSA) is 106 Å². The minimum absolute atomic E-state index is 0.145. The van der Waals surface area contributed by atoms with Crippen LogP contribution in [0.3, 0.4) is 0 Å². The van der Waals surface area contributed by atoms with Gasteiger partial charge in [0.2, 0.25) is 0 Å². The Labute approximate surface area is 204 Å². The Morgan fingerprint density at radius 2 is 2.09 bits per heavy atom. The lowest BCUT2D eigenvalue weighted by Crippen LogP contribution is -2.26. The molecule has 2 aliphatic heterocycles. The van der Waals surface area contributed by atoms with E-state index in [0.29, 0.717) is 54.0 Å². The van der Waals surface area contributed by atoms with Gasteiger partial charge in [-0.3, -0.25) is 9.69 Å². The smallest absolute Gasteiger partial charge is 0.341 e. The Morgan fingerprint density at radius 1 is 1.29 bits per heavy atom. The number of benzene rings is 1. The number of hydrogen-bond acceptors (Lipinski definition) is 8. The van der Waals surface area contributed by atoms with Gasteiger partial charge in [-0.05, 0) is 32.3 Å². The van der Waals surface area contributed by atoms with Crippen molar-refractivity contribution in [2.24, 2.45) is 0 Å². The zero-order chi connectivity index (χ0) is 24.7. The summed E-state index contributed by atoms with van der Waals surface area (Å²) in [6.07, 6.45) is 3.25. The first-order valence-electron chi connectivity index (χ1n) is 11.3. The summed E-state index contributed by atoms with van der Waals surface area (Å²) in [5.41, 5.74) is 3.97. The quantitative estimate of drug-likeness (QED) is 0.380. The van der Waals surface area contributed by atoms with E-state index < -0.39 is 12.0 Å². The highest BCUT2D eigenvalue weighted by Gasteiger charge is 2.32. The Kier molecular flexibility index (Phi) is 9.23. The highest BCUT2D eigenvalue weighted by molar-refractivity contribution is 7.99. The van der Waals surface area contributed by atoms with Gasteiger partial charge >= 0.3 is 18.0 Å². The third-order valence-corrected chi connectivity index (χ3v) is 7.04. The van der Waals surface area contributed by atoms with Crippen molar-refractivity contribution in [2.75, 3.05) is 50.8 Å². The second kappa shape index (κ2) is 12.1. The van der Waals surface area contributed by atoms with Crippen LogP contribution in [0.15, 0.2) is 11.6 Å². The first-order chi connectivity index (χ1) is 16.3. The predicted octanol–water partition coefficient (Wildman–Crippen LogP) is 3.24. The highest BCUT2D eigenvalue weighted by Crippen LogP contribution is 2.41. The maximum absolute atomic E-state index is 12.4. The molecule has 0 saturated carbocycles. The molecule has 10 heteroatoms. The first-order valence-corrected chi connectivity index (χ1v) is 12.5. The number of thioether (sulfide) groups is 1. The van der Waals surface area contributed by atoms with Gasteiger partial charge in [0, 0.05) is 49.3 Å². The minimum Gasteiger partial charge on any atom is -0.496 e. The average molecular weight is 492 g/mol. The zero-order valence-corrected chi connectivity index (χ0v) is 21.1. The lowest BCUT2D eigenvalue weighted by molar-refractivity contribution is -0.143. The summed E-state index contributed by atoms with van der Waals surface area (Å²) in [5, 5.41) is 5.29. The molecule has 0 aliphatic carbocycles. The molecule has 2 N–H and O–H groups in total. The molecule has 3 rings (SSSR count). The number of rotatable bonds is 10. The molecule has 0 bridgehead atoms. The minimum atomic E-state index is -0.468. The van der Waals surface area contributed by atoms with E-state index >= 15 is 0 Å². The summed E-state index contributed by atoms with van der Waals surface area (Å²) in [6, 6.07) is -0.440. The van der Waals surface area contributed by atoms with Crippen molar-refractivity contribution in [1.82, 2.24) is 10.2 Å². The van der Waals surface area contributed by atoms with Gasteiger partial charge in [-0.25, -0.2) is 9.59 Å². The van der Waals surface area contributed by atoms with Crippen molar-refractivity contribution >= 4 is 35.4 Å². The number of hydrogen-bond donors (Lipinski definition) is 2. The fraction of sp³-hybridized carbons (Fsp3) is 0.542. The van der Waals surface area contributed by atoms with Crippen LogP contribution in [0.4, 0.5) is 10.5 Å². The number of allylic oxidation sites excluding steroid dienone is 2. The Hall–Kier alpha value is -2.72. The fourth-order valence-corrected chi connectivity index (χ4v) is 5.07. The van der Waals surface area contributed by atoms with Crippen LogP contribution in [0.1, 0.15) is 46.8 Å². The summed E-state index contributed by atoms with van der Waals surface area (Å²) < 4.78 is 16.3. The van der Waals surface area contributed by atoms with Crippen molar-refractivity contribution in [3.8, 4) is 5.75 Å². The van der Waals surface area contributed by atoms with Crippen molar-refractivity contribution < 1.29 is 28.6 Å². The number of cyclic esters (lactones) is 1. The number of urea groups is 1. The summed E-state index contributed by atoms with van der Waals surface area (Å²) in [7, 11) is 3.07. The lowest BCUT2D eigenvalue weighted by atomic mass is 9.93. The maximum Gasteiger partial charge on any atom is 0.341 e. The largest absolute Gasteiger partial charge is 0.496 e. The average Bonchev–Trinajstić information content (AvgIpc) is 3.48. The summed E-state index contributed by atoms with van der Waals surface area (Å²) in [6.45, 7) is 6.20. The van der Waals surface area contributed by atoms with Crippen molar-refractivity contribution in [3.05, 3.63) is 33.9 Å². The monoisotopic (exact) mass is 491 g/mol. The summed E-state index contributed by atoms with van der Waals surface area (Å²) >= 11 is 1.89. The van der Waals surface area contributed by atoms with Crippen LogP contribution < -0.4 is 15.4 Å². The van der Waals surface area contributed by atoms with E-state index in [9.17, 15) is 14.4 Å². The number of esters is 2. The van der Waals surface area contributed by atoms with Gasteiger partial charge in [0.25, 0.3) is 0 Å². The van der Waals surface area contributed by atoms with Gasteiger partial charge in [0.1, 0.15) is 19.0 Å². The summed E-state index contributed by atoms with van der Waals surface area (Å²) in [5.74, 6) is 2.06. The lowest BCUT2D eigenvalue weighted by Gasteiger charge is -2.19.